The number of aliphatic hydroxyl groups is 1. The summed E-state index contributed by atoms with van der Waals surface area (Å²) in [6.45, 7) is 3.95. The van der Waals surface area contributed by atoms with Gasteiger partial charge < -0.3 is 9.66 Å². The summed E-state index contributed by atoms with van der Waals surface area (Å²) in [6, 6.07) is 7.68. The fourth-order valence-corrected chi connectivity index (χ4v) is 1.33. The van der Waals surface area contributed by atoms with Gasteiger partial charge in [-0.05, 0) is 47.8 Å². The minimum Gasteiger partial charge on any atom is -0.760 e. The fourth-order valence-electron chi connectivity index (χ4n) is 1.17. The van der Waals surface area contributed by atoms with E-state index in [1.165, 1.54) is 0 Å². The van der Waals surface area contributed by atoms with Crippen LogP contribution in [0, 0.1) is 13.8 Å². The number of halogens is 2. The fraction of sp³-hybridized carbons (Fsp3) is 0.375. The van der Waals surface area contributed by atoms with Gasteiger partial charge >= 0.3 is 0 Å². The van der Waals surface area contributed by atoms with Gasteiger partial charge in [-0.1, -0.05) is 27.0 Å². The molecule has 1 N–H and O–H groups in total. The largest absolute Gasteiger partial charge is 0.760 e. The van der Waals surface area contributed by atoms with Crippen LogP contribution in [-0.4, -0.2) is 23.8 Å². The van der Waals surface area contributed by atoms with Crippen molar-refractivity contribution < 1.29 is 15.3 Å². The van der Waals surface area contributed by atoms with E-state index in [1.807, 2.05) is 38.1 Å². The maximum absolute atomic E-state index is 8.77. The van der Waals surface area contributed by atoms with E-state index in [0.29, 0.717) is 5.88 Å². The number of hydrogen-bond acceptors (Lipinski definition) is 5. The first-order valence-electron chi connectivity index (χ1n) is 6.14. The molecule has 1 atom stereocenters. The zero-order chi connectivity index (χ0) is 17.0. The molecule has 1 unspecified atom stereocenters. The number of nitrogens with zero attached hydrogens (tertiary/aromatic N) is 2. The summed E-state index contributed by atoms with van der Waals surface area (Å²) in [5, 5.41) is 8.59. The molecule has 0 bridgehead atoms. The number of aryl methyl sites for hydroxylation is 2. The first-order chi connectivity index (χ1) is 10.4. The third-order valence-electron chi connectivity index (χ3n) is 2.28. The van der Waals surface area contributed by atoms with Crippen molar-refractivity contribution in [3.05, 3.63) is 59.2 Å². The highest BCUT2D eigenvalue weighted by molar-refractivity contribution is 8.03. The molecule has 24 heavy (non-hydrogen) atoms. The van der Waals surface area contributed by atoms with E-state index in [0.717, 1.165) is 22.5 Å². The molecule has 2 aromatic rings. The van der Waals surface area contributed by atoms with E-state index >= 15 is 0 Å². The van der Waals surface area contributed by atoms with Crippen LogP contribution in [0.2, 0.25) is 0 Å². The van der Waals surface area contributed by atoms with Crippen LogP contribution in [0.15, 0.2) is 36.7 Å². The molecule has 0 spiro atoms. The molecule has 2 rings (SSSR count). The Kier molecular flexibility index (Phi) is 19.4. The van der Waals surface area contributed by atoms with Gasteiger partial charge in [-0.2, -0.15) is 0 Å². The highest BCUT2D eigenvalue weighted by atomic mass is 35.7. The summed E-state index contributed by atoms with van der Waals surface area (Å²) >= 11 is 5.54. The molecule has 0 aliphatic heterocycles. The number of aromatic nitrogens is 2. The molecule has 0 saturated heterocycles. The Hall–Kier alpha value is -1.05. The quantitative estimate of drug-likeness (QED) is 0.455. The van der Waals surface area contributed by atoms with Gasteiger partial charge in [0.15, 0.2) is 0 Å². The van der Waals surface area contributed by atoms with Gasteiger partial charge in [0.05, 0.1) is 6.61 Å². The third kappa shape index (κ3) is 15.8. The molecule has 0 saturated carbocycles. The van der Waals surface area contributed by atoms with Gasteiger partial charge in [-0.25, -0.2) is 0 Å². The summed E-state index contributed by atoms with van der Waals surface area (Å²) < 4.78 is 17.5. The zero-order valence-corrected chi connectivity index (χ0v) is 14.5. The van der Waals surface area contributed by atoms with Crippen molar-refractivity contribution in [2.75, 3.05) is 0 Å². The van der Waals surface area contributed by atoms with E-state index in [1.54, 1.807) is 12.4 Å². The molecule has 2 heterocycles. The smallest absolute Gasteiger partial charge is 0.0696 e. The molecule has 0 radical (unpaired) electrons. The van der Waals surface area contributed by atoms with Crippen molar-refractivity contribution in [1.29, 1.82) is 0 Å². The zero-order valence-electron chi connectivity index (χ0n) is 12.2. The summed E-state index contributed by atoms with van der Waals surface area (Å²) in [5.74, 6) is 0.549. The van der Waals surface area contributed by atoms with Crippen molar-refractivity contribution in [2.24, 2.45) is 0 Å². The Bertz CT molecular complexity index is 509. The molecule has 0 aliphatic carbocycles. The number of alkyl halides is 1. The molecule has 8 heteroatoms. The first-order valence-corrected chi connectivity index (χ1v) is 8.58. The molecule has 5 nitrogen and oxygen atoms in total. The standard InChI is InChI=1S/C7H8ClN.C7H9NO.2CH4.ClHO2S.H2/c1-6-2-3-7(4-8)5-9-6;1-6-2-3-7(5-9)4-8-6;;;1-4(2)3;/h2-3,5H,4H2,1H3;2-4,9H,5H2,1H3;2*1H4;(H,2,3);1H/p-1/i;;;;;1+1. The van der Waals surface area contributed by atoms with E-state index in [-0.39, 0.29) is 22.9 Å². The van der Waals surface area contributed by atoms with E-state index in [4.69, 9.17) is 25.5 Å². The second-order valence-corrected chi connectivity index (χ2v) is 5.51. The minimum absolute atomic E-state index is 0. The van der Waals surface area contributed by atoms with Crippen molar-refractivity contribution in [2.45, 2.75) is 41.2 Å². The molecule has 0 aromatic carbocycles. The van der Waals surface area contributed by atoms with E-state index in [9.17, 15) is 0 Å². The van der Waals surface area contributed by atoms with Gasteiger partial charge in [0.2, 0.25) is 0 Å². The van der Waals surface area contributed by atoms with Crippen molar-refractivity contribution in [3.63, 3.8) is 0 Å². The monoisotopic (exact) mass is 398 g/mol. The Balaban J connectivity index is -0.000000133. The second kappa shape index (κ2) is 16.8. The number of hydrogen-bond donors (Lipinski definition) is 1. The minimum atomic E-state index is -2.39. The van der Waals surface area contributed by atoms with Crippen LogP contribution < -0.4 is 0 Å². The normalized spacial score (nSPS) is 9.75. The lowest BCUT2D eigenvalue weighted by atomic mass is 10.3. The van der Waals surface area contributed by atoms with Crippen molar-refractivity contribution in [1.82, 2.24) is 9.97 Å². The predicted molar refractivity (Wildman–Crippen MR) is 104 cm³/mol. The number of aliphatic hydroxyl groups excluding tert-OH is 1. The van der Waals surface area contributed by atoms with Crippen LogP contribution in [0.5, 0.6) is 0 Å². The second-order valence-electron chi connectivity index (χ2n) is 4.10. The summed E-state index contributed by atoms with van der Waals surface area (Å²) in [5.41, 5.74) is 3.94. The number of rotatable bonds is 2. The molecule has 0 fully saturated rings. The van der Waals surface area contributed by atoms with Crippen molar-refractivity contribution in [3.8, 4) is 0 Å². The highest BCUT2D eigenvalue weighted by Gasteiger charge is 1.88. The van der Waals surface area contributed by atoms with Gasteiger partial charge in [0, 0.05) is 41.4 Å². The lowest BCUT2D eigenvalue weighted by Crippen LogP contribution is -1.85. The van der Waals surface area contributed by atoms with Crippen LogP contribution in [0.4, 0.5) is 0 Å². The number of pyridine rings is 2. The molecular formula is C16H27Cl2N2O3S-. The average Bonchev–Trinajstić information content (AvgIpc) is 2.49. The van der Waals surface area contributed by atoms with Gasteiger partial charge in [0.25, 0.3) is 0 Å². The predicted octanol–water partition coefficient (Wildman–Crippen LogP) is 4.55. The average molecular weight is 399 g/mol. The SMILES string of the molecule is C.C.Cc1ccc(CCl)cn1.Cc1ccc(CO)cn1.O=S([O-])Cl.[2HH]. The molecule has 140 valence electrons. The third-order valence-corrected chi connectivity index (χ3v) is 2.59. The maximum atomic E-state index is 8.77. The topological polar surface area (TPSA) is 86.1 Å². The Morgan fingerprint density at radius 1 is 1.08 bits per heavy atom. The van der Waals surface area contributed by atoms with Crippen molar-refractivity contribution >= 4 is 32.6 Å². The van der Waals surface area contributed by atoms with Crippen LogP contribution >= 0.6 is 22.3 Å². The molecule has 2 aromatic heterocycles. The highest BCUT2D eigenvalue weighted by Crippen LogP contribution is 2.01. The van der Waals surface area contributed by atoms with Gasteiger partial charge in [0.1, 0.15) is 0 Å². The molecule has 0 aliphatic rings. The lowest BCUT2D eigenvalue weighted by molar-refractivity contribution is 0.281. The van der Waals surface area contributed by atoms with Crippen LogP contribution in [0.3, 0.4) is 0 Å². The van der Waals surface area contributed by atoms with Crippen LogP contribution in [-0.2, 0) is 22.8 Å². The maximum Gasteiger partial charge on any atom is 0.0696 e. The Labute approximate surface area is 158 Å². The molecular weight excluding hydrogens is 371 g/mol. The van der Waals surface area contributed by atoms with E-state index in [2.05, 4.69) is 20.7 Å². The Morgan fingerprint density at radius 3 is 1.71 bits per heavy atom. The lowest BCUT2D eigenvalue weighted by Gasteiger charge is -1.93. The van der Waals surface area contributed by atoms with E-state index < -0.39 is 10.3 Å². The van der Waals surface area contributed by atoms with Gasteiger partial charge in [-0.15, -0.1) is 11.6 Å². The van der Waals surface area contributed by atoms with Crippen LogP contribution in [0.1, 0.15) is 38.8 Å². The summed E-state index contributed by atoms with van der Waals surface area (Å²) in [7, 11) is 1.80. The summed E-state index contributed by atoms with van der Waals surface area (Å²) in [6.07, 6.45) is 3.47. The molecule has 0 amide bonds. The van der Waals surface area contributed by atoms with Crippen LogP contribution in [0.25, 0.3) is 0 Å². The summed E-state index contributed by atoms with van der Waals surface area (Å²) in [4.78, 5) is 8.06. The van der Waals surface area contributed by atoms with Gasteiger partial charge in [-0.3, -0.25) is 14.2 Å². The first kappa shape index (κ1) is 27.8. The Morgan fingerprint density at radius 2 is 1.46 bits per heavy atom.